The normalized spacial score (nSPS) is 15.4. The van der Waals surface area contributed by atoms with E-state index in [-0.39, 0.29) is 18.2 Å². The van der Waals surface area contributed by atoms with Crippen molar-refractivity contribution in [1.82, 2.24) is 10.00 Å². The van der Waals surface area contributed by atoms with Crippen LogP contribution >= 0.6 is 11.6 Å². The number of likely N-dealkylation sites (tertiary alicyclic amines) is 1. The first-order valence-electron chi connectivity index (χ1n) is 7.09. The van der Waals surface area contributed by atoms with Crippen LogP contribution in [0.15, 0.2) is 24.4 Å². The predicted octanol–water partition coefficient (Wildman–Crippen LogP) is 1.26. The molecule has 2 heterocycles. The summed E-state index contributed by atoms with van der Waals surface area (Å²) >= 11 is 6.02. The molecule has 1 saturated heterocycles. The van der Waals surface area contributed by atoms with Gasteiger partial charge in [0, 0.05) is 28.6 Å². The number of halogens is 1. The molecule has 1 aliphatic rings. The zero-order valence-corrected chi connectivity index (χ0v) is 12.3. The Morgan fingerprint density at radius 3 is 2.86 bits per heavy atom. The maximum absolute atomic E-state index is 12.2. The van der Waals surface area contributed by atoms with Gasteiger partial charge in [-0.3, -0.25) is 4.79 Å². The second-order valence-electron chi connectivity index (χ2n) is 5.27. The third kappa shape index (κ3) is 2.93. The van der Waals surface area contributed by atoms with Crippen LogP contribution in [0, 0.1) is 0 Å². The standard InChI is InChI=1S/C15H16ClN3O2/c16-11-5-4-6-12-15(11)13(20)9-19(17-12)10-14(21)18-7-2-1-3-8-18/h4-6,9H,1-3,7-8,10H2. The van der Waals surface area contributed by atoms with Gasteiger partial charge in [-0.1, -0.05) is 22.3 Å². The third-order valence-corrected chi connectivity index (χ3v) is 4.06. The molecular formula is C15H16ClN3O2. The van der Waals surface area contributed by atoms with Crippen LogP contribution in [0.4, 0.5) is 0 Å². The van der Waals surface area contributed by atoms with E-state index in [9.17, 15) is 9.90 Å². The number of fused-ring (bicyclic) bond motifs is 1. The Balaban J connectivity index is 1.86. The van der Waals surface area contributed by atoms with Crippen molar-refractivity contribution >= 4 is 28.4 Å². The van der Waals surface area contributed by atoms with Gasteiger partial charge in [0.15, 0.2) is 6.20 Å². The highest BCUT2D eigenvalue weighted by Gasteiger charge is 2.21. The Kier molecular flexibility index (Phi) is 3.92. The number of carbonyl (C=O) groups excluding carboxylic acids is 1. The Hall–Kier alpha value is -1.88. The Morgan fingerprint density at radius 2 is 2.10 bits per heavy atom. The molecule has 0 saturated carbocycles. The monoisotopic (exact) mass is 305 g/mol. The number of aromatic nitrogens is 2. The van der Waals surface area contributed by atoms with Gasteiger partial charge in [-0.15, -0.1) is 0 Å². The van der Waals surface area contributed by atoms with Crippen LogP contribution in [0.5, 0.6) is 5.75 Å². The number of hydrogen-bond acceptors (Lipinski definition) is 3. The van der Waals surface area contributed by atoms with E-state index < -0.39 is 0 Å². The van der Waals surface area contributed by atoms with Gasteiger partial charge < -0.3 is 10.0 Å². The van der Waals surface area contributed by atoms with Crippen LogP contribution in [-0.4, -0.2) is 29.0 Å². The lowest BCUT2D eigenvalue weighted by atomic mass is 10.1. The van der Waals surface area contributed by atoms with E-state index in [1.807, 2.05) is 4.90 Å². The first kappa shape index (κ1) is 14.1. The van der Waals surface area contributed by atoms with Crippen molar-refractivity contribution in [3.05, 3.63) is 29.4 Å². The van der Waals surface area contributed by atoms with Gasteiger partial charge in [-0.05, 0) is 37.1 Å². The molecule has 0 atom stereocenters. The number of carbonyl (C=O) groups is 1. The van der Waals surface area contributed by atoms with Gasteiger partial charge in [0.25, 0.3) is 12.5 Å². The fraction of sp³-hybridized carbons (Fsp3) is 0.400. The number of piperidine rings is 1. The van der Waals surface area contributed by atoms with Crippen LogP contribution in [0.25, 0.3) is 10.9 Å². The van der Waals surface area contributed by atoms with Gasteiger partial charge in [0.05, 0.1) is 0 Å². The first-order valence-corrected chi connectivity index (χ1v) is 7.47. The first-order chi connectivity index (χ1) is 10.1. The second kappa shape index (κ2) is 5.85. The fourth-order valence-corrected chi connectivity index (χ4v) is 2.93. The van der Waals surface area contributed by atoms with Crippen LogP contribution < -0.4 is 9.79 Å². The molecule has 0 unspecified atom stereocenters. The van der Waals surface area contributed by atoms with E-state index in [1.54, 1.807) is 18.2 Å². The number of amides is 1. The Labute approximate surface area is 127 Å². The largest absolute Gasteiger partial charge is 0.868 e. The average molecular weight is 306 g/mol. The molecule has 110 valence electrons. The number of rotatable bonds is 2. The van der Waals surface area contributed by atoms with E-state index in [0.29, 0.717) is 15.9 Å². The quantitative estimate of drug-likeness (QED) is 0.785. The van der Waals surface area contributed by atoms with E-state index in [2.05, 4.69) is 5.10 Å². The zero-order chi connectivity index (χ0) is 14.8. The maximum atomic E-state index is 12.2. The molecule has 2 aromatic rings. The van der Waals surface area contributed by atoms with Gasteiger partial charge in [-0.2, -0.15) is 0 Å². The number of hydrogen-bond donors (Lipinski definition) is 0. The van der Waals surface area contributed by atoms with E-state index in [1.165, 1.54) is 17.3 Å². The van der Waals surface area contributed by atoms with Gasteiger partial charge in [-0.25, -0.2) is 0 Å². The van der Waals surface area contributed by atoms with Crippen LogP contribution in [-0.2, 0) is 11.3 Å². The lowest BCUT2D eigenvalue weighted by Crippen LogP contribution is -2.48. The molecule has 1 aromatic carbocycles. The molecule has 1 aromatic heterocycles. The minimum absolute atomic E-state index is 0.00739. The van der Waals surface area contributed by atoms with Crippen molar-refractivity contribution in [3.63, 3.8) is 0 Å². The molecule has 0 radical (unpaired) electrons. The fourth-order valence-electron chi connectivity index (χ4n) is 2.67. The van der Waals surface area contributed by atoms with Gasteiger partial charge in [0.1, 0.15) is 5.52 Å². The maximum Gasteiger partial charge on any atom is 0.291 e. The smallest absolute Gasteiger partial charge is 0.291 e. The summed E-state index contributed by atoms with van der Waals surface area (Å²) in [5, 5.41) is 17.2. The molecule has 5 nitrogen and oxygen atoms in total. The highest BCUT2D eigenvalue weighted by Crippen LogP contribution is 2.26. The van der Waals surface area contributed by atoms with Crippen LogP contribution in [0.3, 0.4) is 0 Å². The summed E-state index contributed by atoms with van der Waals surface area (Å²) in [5.74, 6) is -0.204. The van der Waals surface area contributed by atoms with E-state index >= 15 is 0 Å². The second-order valence-corrected chi connectivity index (χ2v) is 5.67. The van der Waals surface area contributed by atoms with Crippen LogP contribution in [0.2, 0.25) is 5.02 Å². The molecule has 0 spiro atoms. The Bertz CT molecular complexity index is 684. The van der Waals surface area contributed by atoms with E-state index in [4.69, 9.17) is 11.6 Å². The molecule has 0 N–H and O–H groups in total. The van der Waals surface area contributed by atoms with Gasteiger partial charge >= 0.3 is 0 Å². The molecule has 1 fully saturated rings. The van der Waals surface area contributed by atoms with Crippen molar-refractivity contribution in [3.8, 4) is 5.75 Å². The summed E-state index contributed by atoms with van der Waals surface area (Å²) in [6, 6.07) is 5.13. The third-order valence-electron chi connectivity index (χ3n) is 3.75. The molecule has 1 aliphatic heterocycles. The van der Waals surface area contributed by atoms with Crippen LogP contribution in [0.1, 0.15) is 19.3 Å². The summed E-state index contributed by atoms with van der Waals surface area (Å²) < 4.78 is 1.41. The molecule has 0 aliphatic carbocycles. The molecule has 0 bridgehead atoms. The lowest BCUT2D eigenvalue weighted by Gasteiger charge is -2.25. The molecule has 21 heavy (non-hydrogen) atoms. The van der Waals surface area contributed by atoms with Crippen molar-refractivity contribution in [2.75, 3.05) is 13.1 Å². The SMILES string of the molecule is O=C(C[n+]1cc([O-])c2c(Cl)cccc2n1)N1CCCCC1. The lowest BCUT2D eigenvalue weighted by molar-refractivity contribution is -0.742. The van der Waals surface area contributed by atoms with Gasteiger partial charge in [0.2, 0.25) is 0 Å². The number of nitrogens with zero attached hydrogens (tertiary/aromatic N) is 3. The Morgan fingerprint density at radius 1 is 1.33 bits per heavy atom. The molecule has 1 amide bonds. The predicted molar refractivity (Wildman–Crippen MR) is 76.8 cm³/mol. The van der Waals surface area contributed by atoms with Crippen molar-refractivity contribution in [1.29, 1.82) is 0 Å². The highest BCUT2D eigenvalue weighted by molar-refractivity contribution is 6.35. The zero-order valence-electron chi connectivity index (χ0n) is 11.6. The summed E-state index contributed by atoms with van der Waals surface area (Å²) in [4.78, 5) is 14.1. The molecule has 6 heteroatoms. The van der Waals surface area contributed by atoms with E-state index in [0.717, 1.165) is 25.9 Å². The van der Waals surface area contributed by atoms with Crippen molar-refractivity contribution in [2.45, 2.75) is 25.8 Å². The minimum atomic E-state index is -0.211. The van der Waals surface area contributed by atoms with Crippen molar-refractivity contribution < 1.29 is 14.6 Å². The molecule has 3 rings (SSSR count). The number of benzene rings is 1. The summed E-state index contributed by atoms with van der Waals surface area (Å²) in [5.41, 5.74) is 0.515. The minimum Gasteiger partial charge on any atom is -0.868 e. The summed E-state index contributed by atoms with van der Waals surface area (Å²) in [6.07, 6.45) is 4.61. The topological polar surface area (TPSA) is 60.1 Å². The highest BCUT2D eigenvalue weighted by atomic mass is 35.5. The average Bonchev–Trinajstić information content (AvgIpc) is 2.48. The van der Waals surface area contributed by atoms with Crippen molar-refractivity contribution in [2.24, 2.45) is 0 Å². The molecular weight excluding hydrogens is 290 g/mol. The summed E-state index contributed by atoms with van der Waals surface area (Å²) in [6.45, 7) is 1.68. The summed E-state index contributed by atoms with van der Waals surface area (Å²) in [7, 11) is 0.